The van der Waals surface area contributed by atoms with Gasteiger partial charge in [0.15, 0.2) is 0 Å². The lowest BCUT2D eigenvalue weighted by Gasteiger charge is -2.12. The second-order valence-corrected chi connectivity index (χ2v) is 2.99. The predicted octanol–water partition coefficient (Wildman–Crippen LogP) is 2.47. The van der Waals surface area contributed by atoms with Crippen LogP contribution in [0.1, 0.15) is 18.7 Å². The van der Waals surface area contributed by atoms with Gasteiger partial charge in [-0.15, -0.1) is 13.2 Å². The Morgan fingerprint density at radius 3 is 2.80 bits per heavy atom. The van der Waals surface area contributed by atoms with Gasteiger partial charge in [0, 0.05) is 6.54 Å². The fourth-order valence-electron chi connectivity index (χ4n) is 1.08. The number of ether oxygens (including phenoxy) is 1. The maximum absolute atomic E-state index is 11.6. The van der Waals surface area contributed by atoms with Crippen LogP contribution >= 0.6 is 0 Å². The van der Waals surface area contributed by atoms with Gasteiger partial charge >= 0.3 is 6.36 Å². The highest BCUT2D eigenvalue weighted by molar-refractivity contribution is 5.02. The Kier molecular flexibility index (Phi) is 4.16. The molecule has 6 heteroatoms. The van der Waals surface area contributed by atoms with Crippen molar-refractivity contribution in [2.75, 3.05) is 13.2 Å². The van der Waals surface area contributed by atoms with Gasteiger partial charge in [-0.3, -0.25) is 4.74 Å². The number of alkyl halides is 3. The summed E-state index contributed by atoms with van der Waals surface area (Å²) in [5.41, 5.74) is 0. The summed E-state index contributed by atoms with van der Waals surface area (Å²) < 4.78 is 43.4. The van der Waals surface area contributed by atoms with Crippen molar-refractivity contribution in [3.05, 3.63) is 24.2 Å². The molecule has 0 aliphatic carbocycles. The van der Waals surface area contributed by atoms with E-state index >= 15 is 0 Å². The summed E-state index contributed by atoms with van der Waals surface area (Å²) in [4.78, 5) is 0. The molecule has 0 amide bonds. The monoisotopic (exact) mass is 223 g/mol. The highest BCUT2D eigenvalue weighted by atomic mass is 19.4. The van der Waals surface area contributed by atoms with E-state index in [1.807, 2.05) is 0 Å². The van der Waals surface area contributed by atoms with Crippen LogP contribution < -0.4 is 5.32 Å². The van der Waals surface area contributed by atoms with Gasteiger partial charge in [0.2, 0.25) is 0 Å². The van der Waals surface area contributed by atoms with Crippen molar-refractivity contribution in [2.24, 2.45) is 0 Å². The summed E-state index contributed by atoms with van der Waals surface area (Å²) in [6, 6.07) is 3.35. The van der Waals surface area contributed by atoms with E-state index in [0.717, 1.165) is 0 Å². The number of hydrogen-bond donors (Lipinski definition) is 1. The van der Waals surface area contributed by atoms with Crippen molar-refractivity contribution >= 4 is 0 Å². The third-order valence-corrected chi connectivity index (χ3v) is 1.79. The summed E-state index contributed by atoms with van der Waals surface area (Å²) >= 11 is 0. The molecule has 1 heterocycles. The SMILES string of the molecule is C[C@H](NCCOC(F)(F)F)c1ccco1. The lowest BCUT2D eigenvalue weighted by Crippen LogP contribution is -2.26. The Morgan fingerprint density at radius 1 is 1.53 bits per heavy atom. The zero-order chi connectivity index (χ0) is 11.3. The highest BCUT2D eigenvalue weighted by Gasteiger charge is 2.28. The topological polar surface area (TPSA) is 34.4 Å². The molecule has 3 nitrogen and oxygen atoms in total. The zero-order valence-corrected chi connectivity index (χ0v) is 8.17. The second-order valence-electron chi connectivity index (χ2n) is 2.99. The number of halogens is 3. The van der Waals surface area contributed by atoms with Gasteiger partial charge < -0.3 is 9.73 Å². The molecule has 0 spiro atoms. The molecule has 0 saturated carbocycles. The zero-order valence-electron chi connectivity index (χ0n) is 8.17. The van der Waals surface area contributed by atoms with Gasteiger partial charge in [-0.05, 0) is 19.1 Å². The average Bonchev–Trinajstić information content (AvgIpc) is 2.63. The van der Waals surface area contributed by atoms with Crippen molar-refractivity contribution < 1.29 is 22.3 Å². The van der Waals surface area contributed by atoms with Crippen LogP contribution in [0.25, 0.3) is 0 Å². The molecule has 0 unspecified atom stereocenters. The Morgan fingerprint density at radius 2 is 2.27 bits per heavy atom. The number of furan rings is 1. The summed E-state index contributed by atoms with van der Waals surface area (Å²) in [6.07, 6.45) is -3.05. The number of rotatable bonds is 5. The average molecular weight is 223 g/mol. The first-order valence-corrected chi connectivity index (χ1v) is 4.46. The number of nitrogens with one attached hydrogen (secondary N) is 1. The van der Waals surface area contributed by atoms with Crippen LogP contribution in [-0.4, -0.2) is 19.5 Å². The van der Waals surface area contributed by atoms with Gasteiger partial charge in [-0.2, -0.15) is 0 Å². The molecule has 0 fully saturated rings. The smallest absolute Gasteiger partial charge is 0.468 e. The van der Waals surface area contributed by atoms with Crippen LogP contribution in [0.4, 0.5) is 13.2 Å². The molecular formula is C9H12F3NO2. The minimum atomic E-state index is -4.56. The summed E-state index contributed by atoms with van der Waals surface area (Å²) in [7, 11) is 0. The summed E-state index contributed by atoms with van der Waals surface area (Å²) in [5.74, 6) is 0.682. The van der Waals surface area contributed by atoms with Crippen molar-refractivity contribution in [1.82, 2.24) is 5.32 Å². The summed E-state index contributed by atoms with van der Waals surface area (Å²) in [5, 5.41) is 2.84. The molecule has 86 valence electrons. The fraction of sp³-hybridized carbons (Fsp3) is 0.556. The Labute approximate surface area is 85.2 Å². The first-order valence-electron chi connectivity index (χ1n) is 4.46. The molecule has 1 N–H and O–H groups in total. The van der Waals surface area contributed by atoms with Crippen molar-refractivity contribution in [3.63, 3.8) is 0 Å². The van der Waals surface area contributed by atoms with Crippen molar-refractivity contribution in [1.29, 1.82) is 0 Å². The molecule has 0 bridgehead atoms. The fourth-order valence-corrected chi connectivity index (χ4v) is 1.08. The molecule has 15 heavy (non-hydrogen) atoms. The quantitative estimate of drug-likeness (QED) is 0.778. The number of hydrogen-bond acceptors (Lipinski definition) is 3. The summed E-state index contributed by atoms with van der Waals surface area (Å²) in [6.45, 7) is 1.50. The molecule has 0 aromatic carbocycles. The van der Waals surface area contributed by atoms with Crippen molar-refractivity contribution in [3.8, 4) is 0 Å². The van der Waals surface area contributed by atoms with E-state index in [4.69, 9.17) is 4.42 Å². The van der Waals surface area contributed by atoms with Gasteiger partial charge in [0.05, 0.1) is 18.9 Å². The molecule has 1 atom stereocenters. The van der Waals surface area contributed by atoms with E-state index in [1.54, 1.807) is 19.1 Å². The van der Waals surface area contributed by atoms with E-state index in [2.05, 4.69) is 10.1 Å². The van der Waals surface area contributed by atoms with Crippen molar-refractivity contribution in [2.45, 2.75) is 19.3 Å². The van der Waals surface area contributed by atoms with Gasteiger partial charge in [-0.25, -0.2) is 0 Å². The Balaban J connectivity index is 2.16. The first-order chi connectivity index (χ1) is 6.99. The second kappa shape index (κ2) is 5.18. The maximum atomic E-state index is 11.6. The molecular weight excluding hydrogens is 211 g/mol. The normalized spacial score (nSPS) is 14.1. The van der Waals surface area contributed by atoms with E-state index in [9.17, 15) is 13.2 Å². The molecule has 0 aliphatic rings. The van der Waals surface area contributed by atoms with E-state index in [-0.39, 0.29) is 12.6 Å². The molecule has 1 aromatic rings. The van der Waals surface area contributed by atoms with Crippen LogP contribution in [0.2, 0.25) is 0 Å². The minimum absolute atomic E-state index is 0.112. The predicted molar refractivity (Wildman–Crippen MR) is 47.1 cm³/mol. The van der Waals surface area contributed by atoms with Gasteiger partial charge in [-0.1, -0.05) is 0 Å². The molecule has 0 saturated heterocycles. The maximum Gasteiger partial charge on any atom is 0.522 e. The van der Waals surface area contributed by atoms with Gasteiger partial charge in [0.1, 0.15) is 5.76 Å². The van der Waals surface area contributed by atoms with Crippen LogP contribution in [-0.2, 0) is 4.74 Å². The van der Waals surface area contributed by atoms with Crippen LogP contribution in [0.3, 0.4) is 0 Å². The molecule has 1 rings (SSSR count). The lowest BCUT2D eigenvalue weighted by atomic mass is 10.2. The standard InChI is InChI=1S/C9H12F3NO2/c1-7(8-3-2-5-14-8)13-4-6-15-9(10,11)12/h2-3,5,7,13H,4,6H2,1H3/t7-/m0/s1. The third-order valence-electron chi connectivity index (χ3n) is 1.79. The molecule has 0 radical (unpaired) electrons. The van der Waals surface area contributed by atoms with Crippen LogP contribution in [0.15, 0.2) is 22.8 Å². The molecule has 0 aliphatic heterocycles. The Hall–Kier alpha value is -1.01. The largest absolute Gasteiger partial charge is 0.522 e. The van der Waals surface area contributed by atoms with E-state index in [1.165, 1.54) is 6.26 Å². The van der Waals surface area contributed by atoms with Crippen LogP contribution in [0.5, 0.6) is 0 Å². The van der Waals surface area contributed by atoms with Crippen LogP contribution in [0, 0.1) is 0 Å². The third kappa shape index (κ3) is 4.85. The van der Waals surface area contributed by atoms with Gasteiger partial charge in [0.25, 0.3) is 0 Å². The van der Waals surface area contributed by atoms with E-state index in [0.29, 0.717) is 5.76 Å². The lowest BCUT2D eigenvalue weighted by molar-refractivity contribution is -0.323. The highest BCUT2D eigenvalue weighted by Crippen LogP contribution is 2.16. The first kappa shape index (κ1) is 12.1. The minimum Gasteiger partial charge on any atom is -0.468 e. The molecule has 1 aromatic heterocycles. The Bertz CT molecular complexity index is 271. The van der Waals surface area contributed by atoms with E-state index < -0.39 is 13.0 Å².